The third-order valence-electron chi connectivity index (χ3n) is 5.39. The minimum Gasteiger partial charge on any atom is -0.374 e. The summed E-state index contributed by atoms with van der Waals surface area (Å²) in [5.74, 6) is 2.74. The summed E-state index contributed by atoms with van der Waals surface area (Å²) in [5.41, 5.74) is 0.148. The van der Waals surface area contributed by atoms with E-state index in [2.05, 4.69) is 26.1 Å². The van der Waals surface area contributed by atoms with E-state index in [1.54, 1.807) is 0 Å². The number of hydrogen-bond acceptors (Lipinski definition) is 2. The van der Waals surface area contributed by atoms with Crippen molar-refractivity contribution in [3.63, 3.8) is 0 Å². The first kappa shape index (κ1) is 16.3. The number of nitrogens with one attached hydrogen (secondary N) is 1. The lowest BCUT2D eigenvalue weighted by Gasteiger charge is -2.41. The van der Waals surface area contributed by atoms with Crippen molar-refractivity contribution in [2.45, 2.75) is 77.7 Å². The van der Waals surface area contributed by atoms with Crippen molar-refractivity contribution < 1.29 is 4.74 Å². The lowest BCUT2D eigenvalue weighted by Crippen LogP contribution is -2.46. The highest BCUT2D eigenvalue weighted by Crippen LogP contribution is 2.39. The third kappa shape index (κ3) is 5.04. The molecule has 0 saturated heterocycles. The van der Waals surface area contributed by atoms with Crippen molar-refractivity contribution in [3.05, 3.63) is 0 Å². The summed E-state index contributed by atoms with van der Waals surface area (Å²) in [6, 6.07) is 0. The van der Waals surface area contributed by atoms with Gasteiger partial charge in [-0.25, -0.2) is 0 Å². The molecular weight excluding hydrogens is 246 g/mol. The zero-order valence-corrected chi connectivity index (χ0v) is 13.9. The van der Waals surface area contributed by atoms with Crippen LogP contribution in [0.25, 0.3) is 0 Å². The van der Waals surface area contributed by atoms with E-state index in [0.717, 1.165) is 37.5 Å². The van der Waals surface area contributed by atoms with Gasteiger partial charge in [0.05, 0.1) is 5.60 Å². The predicted octanol–water partition coefficient (Wildman–Crippen LogP) is 4.39. The molecule has 0 bridgehead atoms. The summed E-state index contributed by atoms with van der Waals surface area (Å²) < 4.78 is 6.43. The lowest BCUT2D eigenvalue weighted by atomic mass is 9.74. The average molecular weight is 281 g/mol. The monoisotopic (exact) mass is 281 g/mol. The molecule has 1 N–H and O–H groups in total. The van der Waals surface area contributed by atoms with Gasteiger partial charge in [-0.2, -0.15) is 0 Å². The second-order valence-corrected chi connectivity index (χ2v) is 7.52. The third-order valence-corrected chi connectivity index (χ3v) is 5.39. The summed E-state index contributed by atoms with van der Waals surface area (Å²) in [6.45, 7) is 10.2. The zero-order chi connectivity index (χ0) is 14.4. The molecule has 0 amide bonds. The van der Waals surface area contributed by atoms with Crippen molar-refractivity contribution in [1.82, 2.24) is 5.32 Å². The topological polar surface area (TPSA) is 21.3 Å². The molecule has 0 aromatic heterocycles. The Morgan fingerprint density at radius 3 is 2.40 bits per heavy atom. The summed E-state index contributed by atoms with van der Waals surface area (Å²) in [4.78, 5) is 0. The Kier molecular flexibility index (Phi) is 6.35. The van der Waals surface area contributed by atoms with Crippen LogP contribution in [-0.2, 0) is 4.74 Å². The SMILES string of the molecule is CCCNCC1(OCCC2CC2)CCC(C(C)C)CC1. The van der Waals surface area contributed by atoms with Crippen LogP contribution in [0, 0.1) is 17.8 Å². The molecule has 2 fully saturated rings. The normalized spacial score (nSPS) is 30.9. The number of ether oxygens (including phenoxy) is 1. The molecular formula is C18H35NO. The van der Waals surface area contributed by atoms with Gasteiger partial charge in [-0.1, -0.05) is 33.6 Å². The molecule has 2 aliphatic carbocycles. The summed E-state index contributed by atoms with van der Waals surface area (Å²) in [5, 5.41) is 3.62. The van der Waals surface area contributed by atoms with E-state index in [9.17, 15) is 0 Å². The van der Waals surface area contributed by atoms with E-state index in [4.69, 9.17) is 4.74 Å². The Morgan fingerprint density at radius 1 is 1.15 bits per heavy atom. The standard InChI is InChI=1S/C18H35NO/c1-4-12-19-14-18(20-13-9-16-5-6-16)10-7-17(8-11-18)15(2)3/h15-17,19H,4-14H2,1-3H3. The van der Waals surface area contributed by atoms with Gasteiger partial charge in [-0.15, -0.1) is 0 Å². The largest absolute Gasteiger partial charge is 0.374 e. The maximum Gasteiger partial charge on any atom is 0.0806 e. The van der Waals surface area contributed by atoms with Crippen LogP contribution in [0.1, 0.15) is 72.1 Å². The first-order valence-corrected chi connectivity index (χ1v) is 9.00. The summed E-state index contributed by atoms with van der Waals surface area (Å²) in [6.07, 6.45) is 10.6. The fourth-order valence-electron chi connectivity index (χ4n) is 3.55. The Hall–Kier alpha value is -0.0800. The molecule has 2 aliphatic rings. The van der Waals surface area contributed by atoms with Gasteiger partial charge in [-0.05, 0) is 62.8 Å². The van der Waals surface area contributed by atoms with Crippen molar-refractivity contribution >= 4 is 0 Å². The predicted molar refractivity (Wildman–Crippen MR) is 86.0 cm³/mol. The molecule has 0 atom stereocenters. The van der Waals surface area contributed by atoms with E-state index >= 15 is 0 Å². The Morgan fingerprint density at radius 2 is 1.85 bits per heavy atom. The van der Waals surface area contributed by atoms with E-state index in [1.807, 2.05) is 0 Å². The van der Waals surface area contributed by atoms with Gasteiger partial charge in [0.2, 0.25) is 0 Å². The van der Waals surface area contributed by atoms with Crippen LogP contribution >= 0.6 is 0 Å². The highest BCUT2D eigenvalue weighted by Gasteiger charge is 2.37. The molecule has 0 radical (unpaired) electrons. The number of rotatable bonds is 9. The van der Waals surface area contributed by atoms with Crippen molar-refractivity contribution in [3.8, 4) is 0 Å². The van der Waals surface area contributed by atoms with Crippen molar-refractivity contribution in [2.75, 3.05) is 19.7 Å². The minimum absolute atomic E-state index is 0.148. The molecule has 0 unspecified atom stereocenters. The molecule has 118 valence electrons. The Labute approximate surface area is 126 Å². The molecule has 0 aliphatic heterocycles. The van der Waals surface area contributed by atoms with Gasteiger partial charge in [0.1, 0.15) is 0 Å². The zero-order valence-electron chi connectivity index (χ0n) is 13.9. The van der Waals surface area contributed by atoms with Crippen LogP contribution in [-0.4, -0.2) is 25.3 Å². The molecule has 2 saturated carbocycles. The highest BCUT2D eigenvalue weighted by atomic mass is 16.5. The average Bonchev–Trinajstić information content (AvgIpc) is 3.24. The van der Waals surface area contributed by atoms with Gasteiger partial charge in [0, 0.05) is 13.2 Å². The second-order valence-electron chi connectivity index (χ2n) is 7.52. The maximum atomic E-state index is 6.43. The van der Waals surface area contributed by atoms with Gasteiger partial charge in [0.15, 0.2) is 0 Å². The minimum atomic E-state index is 0.148. The number of hydrogen-bond donors (Lipinski definition) is 1. The Balaban J connectivity index is 1.79. The van der Waals surface area contributed by atoms with E-state index in [-0.39, 0.29) is 5.60 Å². The van der Waals surface area contributed by atoms with Gasteiger partial charge < -0.3 is 10.1 Å². The molecule has 0 heterocycles. The maximum absolute atomic E-state index is 6.43. The van der Waals surface area contributed by atoms with Gasteiger partial charge in [-0.3, -0.25) is 0 Å². The molecule has 2 nitrogen and oxygen atoms in total. The quantitative estimate of drug-likeness (QED) is 0.633. The van der Waals surface area contributed by atoms with Crippen LogP contribution in [0.15, 0.2) is 0 Å². The Bertz CT molecular complexity index is 259. The summed E-state index contributed by atoms with van der Waals surface area (Å²) >= 11 is 0. The second kappa shape index (κ2) is 7.79. The first-order valence-electron chi connectivity index (χ1n) is 9.00. The van der Waals surface area contributed by atoms with Crippen LogP contribution in [0.2, 0.25) is 0 Å². The molecule has 0 aromatic carbocycles. The van der Waals surface area contributed by atoms with Crippen LogP contribution in [0.3, 0.4) is 0 Å². The highest BCUT2D eigenvalue weighted by molar-refractivity contribution is 4.90. The summed E-state index contributed by atoms with van der Waals surface area (Å²) in [7, 11) is 0. The lowest BCUT2D eigenvalue weighted by molar-refractivity contribution is -0.0811. The fourth-order valence-corrected chi connectivity index (χ4v) is 3.55. The van der Waals surface area contributed by atoms with Crippen LogP contribution < -0.4 is 5.32 Å². The molecule has 0 spiro atoms. The first-order chi connectivity index (χ1) is 9.65. The van der Waals surface area contributed by atoms with E-state index in [1.165, 1.54) is 51.4 Å². The van der Waals surface area contributed by atoms with Crippen molar-refractivity contribution in [2.24, 2.45) is 17.8 Å². The van der Waals surface area contributed by atoms with E-state index in [0.29, 0.717) is 0 Å². The molecule has 0 aromatic rings. The fraction of sp³-hybridized carbons (Fsp3) is 1.00. The van der Waals surface area contributed by atoms with Crippen molar-refractivity contribution in [1.29, 1.82) is 0 Å². The van der Waals surface area contributed by atoms with Gasteiger partial charge in [0.25, 0.3) is 0 Å². The molecule has 2 rings (SSSR count). The molecule has 20 heavy (non-hydrogen) atoms. The van der Waals surface area contributed by atoms with Crippen LogP contribution in [0.4, 0.5) is 0 Å². The van der Waals surface area contributed by atoms with E-state index < -0.39 is 0 Å². The van der Waals surface area contributed by atoms with Gasteiger partial charge >= 0.3 is 0 Å². The smallest absolute Gasteiger partial charge is 0.0806 e. The van der Waals surface area contributed by atoms with Crippen LogP contribution in [0.5, 0.6) is 0 Å². The molecule has 2 heteroatoms.